The molecule has 2 aromatic rings. The number of rotatable bonds is 6. The Balaban J connectivity index is 2.05. The fraction of sp³-hybridized carbons (Fsp3) is 0.286. The van der Waals surface area contributed by atoms with E-state index in [2.05, 4.69) is 10.5 Å². The lowest BCUT2D eigenvalue weighted by Crippen LogP contribution is -2.40. The number of sulfonamides is 1. The first kappa shape index (κ1) is 16.9. The molecule has 124 valence electrons. The van der Waals surface area contributed by atoms with Gasteiger partial charge in [0.25, 0.3) is 0 Å². The highest BCUT2D eigenvalue weighted by molar-refractivity contribution is 7.92. The van der Waals surface area contributed by atoms with E-state index in [1.165, 1.54) is 18.2 Å². The summed E-state index contributed by atoms with van der Waals surface area (Å²) in [6, 6.07) is 7.41. The van der Waals surface area contributed by atoms with E-state index in [4.69, 9.17) is 4.52 Å². The van der Waals surface area contributed by atoms with E-state index in [0.29, 0.717) is 11.3 Å². The Bertz CT molecular complexity index is 804. The predicted molar refractivity (Wildman–Crippen MR) is 81.7 cm³/mol. The van der Waals surface area contributed by atoms with Crippen LogP contribution in [0.5, 0.6) is 0 Å². The number of carbonyl (C=O) groups is 1. The third kappa shape index (κ3) is 4.52. The lowest BCUT2D eigenvalue weighted by molar-refractivity contribution is -0.119. The number of anilines is 1. The Morgan fingerprint density at radius 1 is 1.39 bits per heavy atom. The topological polar surface area (TPSA) is 92.5 Å². The highest BCUT2D eigenvalue weighted by atomic mass is 32.2. The number of aromatic nitrogens is 1. The molecule has 1 aromatic heterocycles. The third-order valence-electron chi connectivity index (χ3n) is 2.99. The zero-order valence-electron chi connectivity index (χ0n) is 12.6. The van der Waals surface area contributed by atoms with Crippen molar-refractivity contribution in [1.82, 2.24) is 10.5 Å². The number of hydrogen-bond acceptors (Lipinski definition) is 5. The predicted octanol–water partition coefficient (Wildman–Crippen LogP) is 1.20. The van der Waals surface area contributed by atoms with Crippen molar-refractivity contribution in [2.75, 3.05) is 17.1 Å². The summed E-state index contributed by atoms with van der Waals surface area (Å²) in [5, 5.41) is 6.08. The molecular weight excluding hydrogens is 325 g/mol. The quantitative estimate of drug-likeness (QED) is 0.852. The number of amides is 1. The zero-order valence-corrected chi connectivity index (χ0v) is 13.4. The molecule has 1 aromatic carbocycles. The van der Waals surface area contributed by atoms with Crippen molar-refractivity contribution in [2.45, 2.75) is 13.5 Å². The Labute approximate surface area is 133 Å². The van der Waals surface area contributed by atoms with Crippen molar-refractivity contribution in [2.24, 2.45) is 0 Å². The van der Waals surface area contributed by atoms with Gasteiger partial charge in [0.1, 0.15) is 18.1 Å². The summed E-state index contributed by atoms with van der Waals surface area (Å²) in [7, 11) is -3.71. The average Bonchev–Trinajstić information content (AvgIpc) is 2.89. The van der Waals surface area contributed by atoms with Crippen LogP contribution >= 0.6 is 0 Å². The van der Waals surface area contributed by atoms with Gasteiger partial charge in [0, 0.05) is 18.2 Å². The van der Waals surface area contributed by atoms with Crippen molar-refractivity contribution < 1.29 is 22.1 Å². The fourth-order valence-electron chi connectivity index (χ4n) is 1.86. The summed E-state index contributed by atoms with van der Waals surface area (Å²) >= 11 is 0. The van der Waals surface area contributed by atoms with Crippen LogP contribution in [0.25, 0.3) is 0 Å². The first-order chi connectivity index (χ1) is 10.8. The molecule has 0 bridgehead atoms. The van der Waals surface area contributed by atoms with Gasteiger partial charge in [-0.25, -0.2) is 17.1 Å². The zero-order chi connectivity index (χ0) is 17.0. The van der Waals surface area contributed by atoms with Crippen molar-refractivity contribution in [3.63, 3.8) is 0 Å². The summed E-state index contributed by atoms with van der Waals surface area (Å²) in [4.78, 5) is 12.0. The van der Waals surface area contributed by atoms with Crippen LogP contribution in [0.3, 0.4) is 0 Å². The molecule has 0 saturated heterocycles. The second-order valence-corrected chi connectivity index (χ2v) is 6.84. The van der Waals surface area contributed by atoms with E-state index in [9.17, 15) is 17.6 Å². The van der Waals surface area contributed by atoms with Crippen LogP contribution in [0.1, 0.15) is 11.3 Å². The summed E-state index contributed by atoms with van der Waals surface area (Å²) in [5.74, 6) is -0.592. The van der Waals surface area contributed by atoms with E-state index in [0.717, 1.165) is 10.6 Å². The molecule has 23 heavy (non-hydrogen) atoms. The molecule has 0 fully saturated rings. The van der Waals surface area contributed by atoms with Crippen LogP contribution in [0.4, 0.5) is 10.2 Å². The van der Waals surface area contributed by atoms with Crippen LogP contribution in [0.15, 0.2) is 34.9 Å². The number of aryl methyl sites for hydroxylation is 1. The first-order valence-electron chi connectivity index (χ1n) is 6.68. The lowest BCUT2D eigenvalue weighted by Gasteiger charge is -2.18. The smallest absolute Gasteiger partial charge is 0.241 e. The number of nitrogens with one attached hydrogen (secondary N) is 1. The maximum atomic E-state index is 13.5. The number of hydrogen-bond donors (Lipinski definition) is 1. The van der Waals surface area contributed by atoms with Gasteiger partial charge in [0.05, 0.1) is 6.26 Å². The summed E-state index contributed by atoms with van der Waals surface area (Å²) in [6.07, 6.45) is 0.959. The molecule has 0 spiro atoms. The average molecular weight is 341 g/mol. The molecule has 0 saturated carbocycles. The van der Waals surface area contributed by atoms with E-state index in [-0.39, 0.29) is 12.4 Å². The van der Waals surface area contributed by atoms with Gasteiger partial charge in [0.2, 0.25) is 15.9 Å². The van der Waals surface area contributed by atoms with Crippen LogP contribution in [0, 0.1) is 12.7 Å². The maximum absolute atomic E-state index is 13.5. The number of carbonyl (C=O) groups excluding carboxylic acids is 1. The molecule has 0 aliphatic rings. The van der Waals surface area contributed by atoms with Crippen molar-refractivity contribution >= 4 is 21.7 Å². The van der Waals surface area contributed by atoms with Gasteiger partial charge in [0.15, 0.2) is 5.82 Å². The molecule has 9 heteroatoms. The van der Waals surface area contributed by atoms with Crippen LogP contribution < -0.4 is 9.62 Å². The fourth-order valence-corrected chi connectivity index (χ4v) is 2.64. The first-order valence-corrected chi connectivity index (χ1v) is 8.53. The Morgan fingerprint density at radius 3 is 2.65 bits per heavy atom. The summed E-state index contributed by atoms with van der Waals surface area (Å²) in [6.45, 7) is 1.09. The van der Waals surface area contributed by atoms with Crippen LogP contribution in [-0.4, -0.2) is 32.3 Å². The molecule has 0 atom stereocenters. The molecule has 1 N–H and O–H groups in total. The molecule has 1 heterocycles. The summed E-state index contributed by atoms with van der Waals surface area (Å²) in [5.41, 5.74) is 0.309. The second kappa shape index (κ2) is 6.78. The number of halogens is 1. The van der Waals surface area contributed by atoms with Gasteiger partial charge in [-0.15, -0.1) is 0 Å². The van der Waals surface area contributed by atoms with Gasteiger partial charge >= 0.3 is 0 Å². The molecular formula is C14H16FN3O4S. The minimum absolute atomic E-state index is 0.0195. The summed E-state index contributed by atoms with van der Waals surface area (Å²) < 4.78 is 42.7. The van der Waals surface area contributed by atoms with Crippen LogP contribution in [-0.2, 0) is 21.4 Å². The Morgan fingerprint density at radius 2 is 2.09 bits per heavy atom. The molecule has 1 amide bonds. The lowest BCUT2D eigenvalue weighted by atomic mass is 10.2. The molecule has 0 radical (unpaired) electrons. The van der Waals surface area contributed by atoms with Gasteiger partial charge in [-0.2, -0.15) is 0 Å². The van der Waals surface area contributed by atoms with Gasteiger partial charge in [-0.1, -0.05) is 23.4 Å². The van der Waals surface area contributed by atoms with Crippen molar-refractivity contribution in [3.05, 3.63) is 47.5 Å². The minimum Gasteiger partial charge on any atom is -0.360 e. The highest BCUT2D eigenvalue weighted by Crippen LogP contribution is 2.16. The molecule has 2 rings (SSSR count). The number of nitrogens with zero attached hydrogens (tertiary/aromatic N) is 2. The third-order valence-corrected chi connectivity index (χ3v) is 4.11. The van der Waals surface area contributed by atoms with E-state index >= 15 is 0 Å². The van der Waals surface area contributed by atoms with Crippen molar-refractivity contribution in [1.29, 1.82) is 0 Å². The van der Waals surface area contributed by atoms with Crippen molar-refractivity contribution in [3.8, 4) is 0 Å². The molecule has 0 unspecified atom stereocenters. The highest BCUT2D eigenvalue weighted by Gasteiger charge is 2.23. The SMILES string of the molecule is Cc1cc(N(CC(=O)NCc2ccccc2F)S(C)(=O)=O)no1. The van der Waals surface area contributed by atoms with E-state index < -0.39 is 28.3 Å². The Hall–Kier alpha value is -2.42. The largest absolute Gasteiger partial charge is 0.360 e. The van der Waals surface area contributed by atoms with E-state index in [1.807, 2.05) is 0 Å². The molecule has 7 nitrogen and oxygen atoms in total. The van der Waals surface area contributed by atoms with Gasteiger partial charge in [-0.05, 0) is 13.0 Å². The normalized spacial score (nSPS) is 11.3. The second-order valence-electron chi connectivity index (χ2n) is 4.93. The van der Waals surface area contributed by atoms with Crippen LogP contribution in [0.2, 0.25) is 0 Å². The monoisotopic (exact) mass is 341 g/mol. The standard InChI is InChI=1S/C14H16FN3O4S/c1-10-7-13(17-22-10)18(23(2,20)21)9-14(19)16-8-11-5-3-4-6-12(11)15/h3-7H,8-9H2,1-2H3,(H,16,19). The molecule has 0 aliphatic carbocycles. The number of benzene rings is 1. The maximum Gasteiger partial charge on any atom is 0.241 e. The minimum atomic E-state index is -3.71. The van der Waals surface area contributed by atoms with E-state index in [1.54, 1.807) is 19.1 Å². The van der Waals surface area contributed by atoms with Gasteiger partial charge < -0.3 is 9.84 Å². The molecule has 0 aliphatic heterocycles. The Kier molecular flexibility index (Phi) is 4.99. The van der Waals surface area contributed by atoms with Gasteiger partial charge in [-0.3, -0.25) is 4.79 Å².